The van der Waals surface area contributed by atoms with Gasteiger partial charge >= 0.3 is 5.97 Å². The van der Waals surface area contributed by atoms with Crippen molar-refractivity contribution in [2.45, 2.75) is 26.8 Å². The number of carboxylic acids is 1. The Morgan fingerprint density at radius 3 is 2.60 bits per heavy atom. The minimum absolute atomic E-state index is 0.129. The predicted octanol–water partition coefficient (Wildman–Crippen LogP) is 2.66. The Kier molecular flexibility index (Phi) is 4.30. The summed E-state index contributed by atoms with van der Waals surface area (Å²) in [6.07, 6.45) is 2.30. The molecule has 0 radical (unpaired) electrons. The van der Waals surface area contributed by atoms with Crippen LogP contribution in [-0.4, -0.2) is 21.0 Å². The Morgan fingerprint density at radius 2 is 2.00 bits per heavy atom. The molecule has 0 bridgehead atoms. The molecule has 0 saturated carbocycles. The van der Waals surface area contributed by atoms with Crippen LogP contribution in [0.5, 0.6) is 0 Å². The normalized spacial score (nSPS) is 10.3. The van der Waals surface area contributed by atoms with Gasteiger partial charge in [-0.2, -0.15) is 0 Å². The summed E-state index contributed by atoms with van der Waals surface area (Å²) in [4.78, 5) is 19.1. The molecule has 0 atom stereocenters. The van der Waals surface area contributed by atoms with Gasteiger partial charge in [0.1, 0.15) is 0 Å². The van der Waals surface area contributed by atoms with Gasteiger partial charge in [-0.3, -0.25) is 0 Å². The molecular formula is C15H17N3O2. The molecule has 0 aliphatic carbocycles. The first-order chi connectivity index (χ1) is 9.61. The van der Waals surface area contributed by atoms with Crippen LogP contribution in [0.3, 0.4) is 0 Å². The zero-order valence-electron chi connectivity index (χ0n) is 11.6. The summed E-state index contributed by atoms with van der Waals surface area (Å²) in [6, 6.07) is 8.17. The number of nitrogens with one attached hydrogen (secondary N) is 1. The van der Waals surface area contributed by atoms with E-state index in [2.05, 4.69) is 34.3 Å². The summed E-state index contributed by atoms with van der Waals surface area (Å²) in [5, 5.41) is 12.1. The third-order valence-corrected chi connectivity index (χ3v) is 3.15. The van der Waals surface area contributed by atoms with E-state index >= 15 is 0 Å². The number of hydrogen-bond acceptors (Lipinski definition) is 4. The van der Waals surface area contributed by atoms with E-state index in [1.54, 1.807) is 6.92 Å². The summed E-state index contributed by atoms with van der Waals surface area (Å²) in [5.74, 6) is -0.566. The van der Waals surface area contributed by atoms with Crippen molar-refractivity contribution in [2.75, 3.05) is 5.32 Å². The number of rotatable bonds is 5. The van der Waals surface area contributed by atoms with E-state index in [0.717, 1.165) is 6.42 Å². The lowest BCUT2D eigenvalue weighted by molar-refractivity contribution is 0.0695. The molecule has 0 unspecified atom stereocenters. The zero-order valence-corrected chi connectivity index (χ0v) is 11.6. The van der Waals surface area contributed by atoms with Gasteiger partial charge in [0.2, 0.25) is 5.95 Å². The second kappa shape index (κ2) is 6.14. The number of aromatic nitrogens is 2. The highest BCUT2D eigenvalue weighted by atomic mass is 16.4. The molecule has 0 aliphatic rings. The van der Waals surface area contributed by atoms with Crippen LogP contribution in [-0.2, 0) is 13.0 Å². The quantitative estimate of drug-likeness (QED) is 0.874. The van der Waals surface area contributed by atoms with Crippen molar-refractivity contribution in [3.8, 4) is 0 Å². The maximum Gasteiger partial charge on any atom is 0.339 e. The molecule has 20 heavy (non-hydrogen) atoms. The average Bonchev–Trinajstić information content (AvgIpc) is 2.45. The number of aryl methyl sites for hydroxylation is 2. The van der Waals surface area contributed by atoms with Crippen molar-refractivity contribution in [2.24, 2.45) is 0 Å². The molecule has 5 nitrogen and oxygen atoms in total. The van der Waals surface area contributed by atoms with Gasteiger partial charge in [0, 0.05) is 12.7 Å². The van der Waals surface area contributed by atoms with Crippen LogP contribution in [0.15, 0.2) is 30.5 Å². The molecule has 2 N–H and O–H groups in total. The van der Waals surface area contributed by atoms with Gasteiger partial charge in [-0.15, -0.1) is 0 Å². The number of carboxylic acid groups (broad SMARTS) is 1. The Morgan fingerprint density at radius 1 is 1.30 bits per heavy atom. The maximum atomic E-state index is 10.9. The largest absolute Gasteiger partial charge is 0.478 e. The van der Waals surface area contributed by atoms with Gasteiger partial charge in [0.25, 0.3) is 0 Å². The highest BCUT2D eigenvalue weighted by Crippen LogP contribution is 2.12. The fourth-order valence-electron chi connectivity index (χ4n) is 2.01. The summed E-state index contributed by atoms with van der Waals surface area (Å²) >= 11 is 0. The number of aromatic carboxylic acids is 1. The van der Waals surface area contributed by atoms with Crippen molar-refractivity contribution in [3.63, 3.8) is 0 Å². The average molecular weight is 271 g/mol. The van der Waals surface area contributed by atoms with Crippen molar-refractivity contribution in [3.05, 3.63) is 52.8 Å². The molecule has 2 rings (SSSR count). The second-order valence-corrected chi connectivity index (χ2v) is 4.47. The Bertz CT molecular complexity index is 626. The molecule has 1 aromatic heterocycles. The van der Waals surface area contributed by atoms with Gasteiger partial charge in [0.05, 0.1) is 11.3 Å². The minimum atomic E-state index is -1.01. The maximum absolute atomic E-state index is 10.9. The van der Waals surface area contributed by atoms with Gasteiger partial charge in [-0.1, -0.05) is 31.2 Å². The van der Waals surface area contributed by atoms with Gasteiger partial charge < -0.3 is 10.4 Å². The molecule has 0 saturated heterocycles. The van der Waals surface area contributed by atoms with Crippen LogP contribution >= 0.6 is 0 Å². The van der Waals surface area contributed by atoms with E-state index in [9.17, 15) is 4.79 Å². The topological polar surface area (TPSA) is 75.1 Å². The summed E-state index contributed by atoms with van der Waals surface area (Å²) in [5.41, 5.74) is 3.06. The molecule has 5 heteroatoms. The van der Waals surface area contributed by atoms with Crippen molar-refractivity contribution >= 4 is 11.9 Å². The van der Waals surface area contributed by atoms with Crippen LogP contribution in [0.1, 0.15) is 34.1 Å². The van der Waals surface area contributed by atoms with E-state index in [4.69, 9.17) is 5.11 Å². The highest BCUT2D eigenvalue weighted by Gasteiger charge is 2.09. The lowest BCUT2D eigenvalue weighted by Gasteiger charge is -2.10. The number of benzene rings is 1. The first kappa shape index (κ1) is 14.0. The minimum Gasteiger partial charge on any atom is -0.478 e. The summed E-state index contributed by atoms with van der Waals surface area (Å²) in [6.45, 7) is 4.40. The van der Waals surface area contributed by atoms with Gasteiger partial charge in [-0.05, 0) is 24.5 Å². The standard InChI is InChI=1S/C15H17N3O2/c1-3-11-6-4-5-7-12(11)8-16-15-17-9-13(14(19)20)10(2)18-15/h4-7,9H,3,8H2,1-2H3,(H,19,20)(H,16,17,18). The molecule has 1 heterocycles. The van der Waals surface area contributed by atoms with Crippen LogP contribution < -0.4 is 5.32 Å². The van der Waals surface area contributed by atoms with Crippen LogP contribution in [0.4, 0.5) is 5.95 Å². The Hall–Kier alpha value is -2.43. The molecule has 0 fully saturated rings. The molecule has 0 spiro atoms. The van der Waals surface area contributed by atoms with Crippen LogP contribution in [0.25, 0.3) is 0 Å². The van der Waals surface area contributed by atoms with E-state index in [0.29, 0.717) is 18.2 Å². The first-order valence-electron chi connectivity index (χ1n) is 6.49. The Balaban J connectivity index is 2.11. The molecule has 1 aromatic carbocycles. The van der Waals surface area contributed by atoms with Crippen LogP contribution in [0, 0.1) is 6.92 Å². The SMILES string of the molecule is CCc1ccccc1CNc1ncc(C(=O)O)c(C)n1. The summed E-state index contributed by atoms with van der Waals surface area (Å²) in [7, 11) is 0. The molecule has 104 valence electrons. The van der Waals surface area contributed by atoms with Gasteiger partial charge in [0.15, 0.2) is 0 Å². The highest BCUT2D eigenvalue weighted by molar-refractivity contribution is 5.88. The number of carbonyl (C=O) groups is 1. The van der Waals surface area contributed by atoms with Crippen molar-refractivity contribution in [1.82, 2.24) is 9.97 Å². The lowest BCUT2D eigenvalue weighted by Crippen LogP contribution is -2.09. The summed E-state index contributed by atoms with van der Waals surface area (Å²) < 4.78 is 0. The third-order valence-electron chi connectivity index (χ3n) is 3.15. The number of hydrogen-bond donors (Lipinski definition) is 2. The Labute approximate surface area is 117 Å². The smallest absolute Gasteiger partial charge is 0.339 e. The first-order valence-corrected chi connectivity index (χ1v) is 6.49. The molecule has 2 aromatic rings. The number of anilines is 1. The fourth-order valence-corrected chi connectivity index (χ4v) is 2.01. The molecule has 0 aliphatic heterocycles. The van der Waals surface area contributed by atoms with Crippen LogP contribution in [0.2, 0.25) is 0 Å². The predicted molar refractivity (Wildman–Crippen MR) is 76.9 cm³/mol. The second-order valence-electron chi connectivity index (χ2n) is 4.47. The van der Waals surface area contributed by atoms with Crippen molar-refractivity contribution < 1.29 is 9.90 Å². The third kappa shape index (κ3) is 3.12. The molecule has 0 amide bonds. The van der Waals surface area contributed by atoms with E-state index < -0.39 is 5.97 Å². The van der Waals surface area contributed by atoms with E-state index in [-0.39, 0.29) is 5.56 Å². The fraction of sp³-hybridized carbons (Fsp3) is 0.267. The van der Waals surface area contributed by atoms with Gasteiger partial charge in [-0.25, -0.2) is 14.8 Å². The van der Waals surface area contributed by atoms with Crippen molar-refractivity contribution in [1.29, 1.82) is 0 Å². The zero-order chi connectivity index (χ0) is 14.5. The van der Waals surface area contributed by atoms with E-state index in [1.165, 1.54) is 17.3 Å². The molecular weight excluding hydrogens is 254 g/mol. The number of nitrogens with zero attached hydrogens (tertiary/aromatic N) is 2. The lowest BCUT2D eigenvalue weighted by atomic mass is 10.1. The monoisotopic (exact) mass is 271 g/mol. The van der Waals surface area contributed by atoms with E-state index in [1.807, 2.05) is 12.1 Å².